The number of carbonyl (C=O) groups is 1. The summed E-state index contributed by atoms with van der Waals surface area (Å²) in [5.41, 5.74) is 2.23. The molecule has 3 aromatic rings. The molecule has 5 heteroatoms. The smallest absolute Gasteiger partial charge is 0.338 e. The first-order valence-electron chi connectivity index (χ1n) is 5.85. The molecule has 0 amide bonds. The standard InChI is InChI=1S/C14H12N2O3/c1-7-11(14(17)18)12-9-5-3-4-6-10(9)16(19)13(12)8(2)15-7/h3-6,19H,1-2H3,(H,17,18). The Morgan fingerprint density at radius 2 is 1.89 bits per heavy atom. The van der Waals surface area contributed by atoms with Crippen molar-refractivity contribution < 1.29 is 15.1 Å². The van der Waals surface area contributed by atoms with Crippen molar-refractivity contribution >= 4 is 27.8 Å². The third kappa shape index (κ3) is 1.41. The minimum atomic E-state index is -1.04. The molecule has 0 aliphatic carbocycles. The van der Waals surface area contributed by atoms with E-state index in [2.05, 4.69) is 4.98 Å². The predicted molar refractivity (Wildman–Crippen MR) is 70.9 cm³/mol. The molecule has 2 heterocycles. The van der Waals surface area contributed by atoms with Crippen LogP contribution in [0.2, 0.25) is 0 Å². The van der Waals surface area contributed by atoms with Crippen molar-refractivity contribution in [2.45, 2.75) is 13.8 Å². The molecule has 1 aromatic carbocycles. The number of hydrogen-bond acceptors (Lipinski definition) is 3. The maximum Gasteiger partial charge on any atom is 0.338 e. The number of pyridine rings is 1. The van der Waals surface area contributed by atoms with Gasteiger partial charge >= 0.3 is 5.97 Å². The molecular formula is C14H12N2O3. The molecule has 96 valence electrons. The molecule has 5 nitrogen and oxygen atoms in total. The molecular weight excluding hydrogens is 244 g/mol. The van der Waals surface area contributed by atoms with Crippen LogP contribution in [0.4, 0.5) is 0 Å². The second kappa shape index (κ2) is 3.71. The normalized spacial score (nSPS) is 11.3. The minimum absolute atomic E-state index is 0.143. The van der Waals surface area contributed by atoms with Crippen molar-refractivity contribution in [2.24, 2.45) is 0 Å². The Labute approximate surface area is 108 Å². The van der Waals surface area contributed by atoms with Crippen LogP contribution in [0.15, 0.2) is 24.3 Å². The van der Waals surface area contributed by atoms with Gasteiger partial charge in [-0.15, -0.1) is 0 Å². The predicted octanol–water partition coefficient (Wildman–Crippen LogP) is 2.74. The Balaban J connectivity index is 2.71. The van der Waals surface area contributed by atoms with E-state index in [-0.39, 0.29) is 5.56 Å². The lowest BCUT2D eigenvalue weighted by molar-refractivity contribution is 0.0698. The summed E-state index contributed by atoms with van der Waals surface area (Å²) in [5, 5.41) is 20.9. The molecule has 0 aliphatic heterocycles. The summed E-state index contributed by atoms with van der Waals surface area (Å²) in [7, 11) is 0. The quantitative estimate of drug-likeness (QED) is 0.656. The number of fused-ring (bicyclic) bond motifs is 3. The Morgan fingerprint density at radius 1 is 1.21 bits per heavy atom. The highest BCUT2D eigenvalue weighted by atomic mass is 16.5. The van der Waals surface area contributed by atoms with Gasteiger partial charge in [0.15, 0.2) is 0 Å². The molecule has 2 aromatic heterocycles. The van der Waals surface area contributed by atoms with E-state index in [1.807, 2.05) is 6.07 Å². The zero-order valence-electron chi connectivity index (χ0n) is 10.5. The number of nitrogens with zero attached hydrogens (tertiary/aromatic N) is 2. The van der Waals surface area contributed by atoms with E-state index >= 15 is 0 Å². The molecule has 19 heavy (non-hydrogen) atoms. The van der Waals surface area contributed by atoms with Gasteiger partial charge in [0.05, 0.1) is 22.5 Å². The number of benzene rings is 1. The van der Waals surface area contributed by atoms with Gasteiger partial charge in [-0.05, 0) is 19.9 Å². The van der Waals surface area contributed by atoms with Gasteiger partial charge in [-0.25, -0.2) is 4.79 Å². The Morgan fingerprint density at radius 3 is 2.58 bits per heavy atom. The number of aromatic nitrogens is 2. The number of hydrogen-bond donors (Lipinski definition) is 2. The summed E-state index contributed by atoms with van der Waals surface area (Å²) >= 11 is 0. The zero-order valence-corrected chi connectivity index (χ0v) is 10.5. The Kier molecular flexibility index (Phi) is 2.25. The third-order valence-corrected chi connectivity index (χ3v) is 3.35. The van der Waals surface area contributed by atoms with Gasteiger partial charge in [-0.3, -0.25) is 4.98 Å². The monoisotopic (exact) mass is 256 g/mol. The molecule has 2 N–H and O–H groups in total. The van der Waals surface area contributed by atoms with E-state index in [0.29, 0.717) is 33.2 Å². The fraction of sp³-hybridized carbons (Fsp3) is 0.143. The number of aryl methyl sites for hydroxylation is 2. The first kappa shape index (κ1) is 11.5. The van der Waals surface area contributed by atoms with Gasteiger partial charge in [0.1, 0.15) is 5.52 Å². The van der Waals surface area contributed by atoms with Crippen LogP contribution in [0.25, 0.3) is 21.8 Å². The van der Waals surface area contributed by atoms with Crippen LogP contribution >= 0.6 is 0 Å². The summed E-state index contributed by atoms with van der Waals surface area (Å²) in [6.45, 7) is 3.42. The van der Waals surface area contributed by atoms with E-state index < -0.39 is 5.97 Å². The second-order valence-corrected chi connectivity index (χ2v) is 4.52. The molecule has 3 rings (SSSR count). The lowest BCUT2D eigenvalue weighted by atomic mass is 10.0. The highest BCUT2D eigenvalue weighted by molar-refractivity contribution is 6.17. The van der Waals surface area contributed by atoms with Crippen molar-refractivity contribution in [2.75, 3.05) is 0 Å². The van der Waals surface area contributed by atoms with Crippen molar-refractivity contribution in [3.05, 3.63) is 41.2 Å². The van der Waals surface area contributed by atoms with Crippen molar-refractivity contribution in [1.29, 1.82) is 0 Å². The lowest BCUT2D eigenvalue weighted by Crippen LogP contribution is -2.05. The van der Waals surface area contributed by atoms with Crippen LogP contribution < -0.4 is 0 Å². The van der Waals surface area contributed by atoms with Crippen molar-refractivity contribution in [1.82, 2.24) is 9.71 Å². The van der Waals surface area contributed by atoms with Crippen LogP contribution in [0.1, 0.15) is 21.7 Å². The number of carboxylic acids is 1. The fourth-order valence-corrected chi connectivity index (χ4v) is 2.61. The summed E-state index contributed by atoms with van der Waals surface area (Å²) in [4.78, 5) is 15.7. The molecule has 0 atom stereocenters. The number of rotatable bonds is 1. The number of carboxylic acid groups (broad SMARTS) is 1. The molecule has 0 saturated heterocycles. The van der Waals surface area contributed by atoms with Crippen molar-refractivity contribution in [3.63, 3.8) is 0 Å². The first-order chi connectivity index (χ1) is 9.02. The van der Waals surface area contributed by atoms with Crippen LogP contribution in [0.3, 0.4) is 0 Å². The third-order valence-electron chi connectivity index (χ3n) is 3.35. The second-order valence-electron chi connectivity index (χ2n) is 4.52. The molecule has 0 saturated carbocycles. The summed E-state index contributed by atoms with van der Waals surface area (Å²) in [6.07, 6.45) is 0. The van der Waals surface area contributed by atoms with Crippen LogP contribution in [0, 0.1) is 13.8 Å². The lowest BCUT2D eigenvalue weighted by Gasteiger charge is -2.06. The van der Waals surface area contributed by atoms with Crippen LogP contribution in [0.5, 0.6) is 0 Å². The average Bonchev–Trinajstić information content (AvgIpc) is 2.64. The first-order valence-corrected chi connectivity index (χ1v) is 5.85. The molecule has 0 radical (unpaired) electrons. The largest absolute Gasteiger partial charge is 0.478 e. The molecule has 0 unspecified atom stereocenters. The van der Waals surface area contributed by atoms with E-state index in [0.717, 1.165) is 4.73 Å². The van der Waals surface area contributed by atoms with Gasteiger partial charge in [0, 0.05) is 10.8 Å². The summed E-state index contributed by atoms with van der Waals surface area (Å²) in [5.74, 6) is -1.04. The molecule has 0 aliphatic rings. The SMILES string of the molecule is Cc1nc(C)c2c(c1C(=O)O)c1ccccc1n2O. The molecule has 0 fully saturated rings. The van der Waals surface area contributed by atoms with E-state index in [4.69, 9.17) is 0 Å². The van der Waals surface area contributed by atoms with Crippen molar-refractivity contribution in [3.8, 4) is 0 Å². The Hall–Kier alpha value is -2.56. The number of para-hydroxylation sites is 1. The topological polar surface area (TPSA) is 75.3 Å². The fourth-order valence-electron chi connectivity index (χ4n) is 2.61. The minimum Gasteiger partial charge on any atom is -0.478 e. The van der Waals surface area contributed by atoms with E-state index in [1.165, 1.54) is 0 Å². The van der Waals surface area contributed by atoms with Gasteiger partial charge in [0.2, 0.25) is 0 Å². The highest BCUT2D eigenvalue weighted by Gasteiger charge is 2.22. The van der Waals surface area contributed by atoms with Gasteiger partial charge in [-0.2, -0.15) is 4.73 Å². The van der Waals surface area contributed by atoms with Gasteiger partial charge in [-0.1, -0.05) is 18.2 Å². The van der Waals surface area contributed by atoms with Crippen LogP contribution in [-0.4, -0.2) is 26.0 Å². The number of aromatic carboxylic acids is 1. The van der Waals surface area contributed by atoms with E-state index in [1.54, 1.807) is 32.0 Å². The molecule has 0 spiro atoms. The summed E-state index contributed by atoms with van der Waals surface area (Å²) in [6, 6.07) is 7.16. The van der Waals surface area contributed by atoms with Gasteiger partial charge < -0.3 is 10.3 Å². The zero-order chi connectivity index (χ0) is 13.7. The summed E-state index contributed by atoms with van der Waals surface area (Å²) < 4.78 is 1.01. The van der Waals surface area contributed by atoms with Gasteiger partial charge in [0.25, 0.3) is 0 Å². The van der Waals surface area contributed by atoms with Crippen LogP contribution in [-0.2, 0) is 0 Å². The Bertz CT molecular complexity index is 834. The highest BCUT2D eigenvalue weighted by Crippen LogP contribution is 2.33. The average molecular weight is 256 g/mol. The maximum absolute atomic E-state index is 11.5. The maximum atomic E-state index is 11.5. The van der Waals surface area contributed by atoms with E-state index in [9.17, 15) is 15.1 Å². The molecule has 0 bridgehead atoms.